The van der Waals surface area contributed by atoms with E-state index in [9.17, 15) is 9.18 Å². The lowest BCUT2D eigenvalue weighted by Crippen LogP contribution is -2.37. The first-order valence-corrected chi connectivity index (χ1v) is 12.0. The topological polar surface area (TPSA) is 69.0 Å². The molecule has 3 aromatic rings. The van der Waals surface area contributed by atoms with Crippen LogP contribution >= 0.6 is 23.2 Å². The Morgan fingerprint density at radius 1 is 1.18 bits per heavy atom. The van der Waals surface area contributed by atoms with Gasteiger partial charge in [0.05, 0.1) is 6.61 Å². The summed E-state index contributed by atoms with van der Waals surface area (Å²) in [5.41, 5.74) is 2.08. The molecule has 1 N–H and O–H groups in total. The summed E-state index contributed by atoms with van der Waals surface area (Å²) in [6, 6.07) is 4.32. The molecule has 6 nitrogen and oxygen atoms in total. The predicted octanol–water partition coefficient (Wildman–Crippen LogP) is 5.71. The molecule has 2 aromatic heterocycles. The molecule has 4 rings (SSSR count). The quantitative estimate of drug-likeness (QED) is 0.478. The lowest BCUT2D eigenvalue weighted by Gasteiger charge is -2.27. The van der Waals surface area contributed by atoms with Gasteiger partial charge in [0.25, 0.3) is 5.91 Å². The number of nitrogens with one attached hydrogen (secondary N) is 1. The summed E-state index contributed by atoms with van der Waals surface area (Å²) in [7, 11) is 1.82. The first kappa shape index (κ1) is 23.8. The number of amides is 1. The van der Waals surface area contributed by atoms with Crippen LogP contribution in [0.2, 0.25) is 10.0 Å². The van der Waals surface area contributed by atoms with Crippen LogP contribution < -0.4 is 10.1 Å². The number of imidazole rings is 1. The Labute approximate surface area is 202 Å². The van der Waals surface area contributed by atoms with E-state index in [4.69, 9.17) is 27.9 Å². The van der Waals surface area contributed by atoms with Gasteiger partial charge in [-0.05, 0) is 62.3 Å². The molecule has 1 aromatic carbocycles. The molecule has 0 radical (unpaired) electrons. The molecule has 0 spiro atoms. The average Bonchev–Trinajstić information content (AvgIpc) is 3.06. The van der Waals surface area contributed by atoms with Crippen LogP contribution in [0.3, 0.4) is 0 Å². The van der Waals surface area contributed by atoms with Crippen LogP contribution in [0.4, 0.5) is 4.39 Å². The molecule has 0 atom stereocenters. The molecule has 0 bridgehead atoms. The fourth-order valence-electron chi connectivity index (χ4n) is 4.28. The number of halogens is 3. The second-order valence-corrected chi connectivity index (χ2v) is 9.47. The summed E-state index contributed by atoms with van der Waals surface area (Å²) >= 11 is 12.4. The van der Waals surface area contributed by atoms with Gasteiger partial charge in [-0.25, -0.2) is 9.37 Å². The maximum Gasteiger partial charge on any atom is 0.257 e. The van der Waals surface area contributed by atoms with E-state index >= 15 is 0 Å². The van der Waals surface area contributed by atoms with E-state index in [0.29, 0.717) is 40.6 Å². The van der Waals surface area contributed by atoms with Gasteiger partial charge in [-0.2, -0.15) is 4.98 Å². The van der Waals surface area contributed by atoms with Gasteiger partial charge in [0.15, 0.2) is 5.65 Å². The molecule has 1 amide bonds. The van der Waals surface area contributed by atoms with Gasteiger partial charge in [0.2, 0.25) is 5.88 Å². The lowest BCUT2D eigenvalue weighted by atomic mass is 9.87. The largest absolute Gasteiger partial charge is 0.477 e. The fraction of sp³-hybridized carbons (Fsp3) is 0.458. The molecule has 1 saturated carbocycles. The van der Waals surface area contributed by atoms with Gasteiger partial charge in [-0.1, -0.05) is 30.1 Å². The Kier molecular flexibility index (Phi) is 7.10. The number of nitrogens with zero attached hydrogens (tertiary/aromatic N) is 3. The number of pyridine rings is 1. The number of ether oxygens (including phenoxy) is 1. The van der Waals surface area contributed by atoms with Crippen LogP contribution in [-0.2, 0) is 13.5 Å². The van der Waals surface area contributed by atoms with Crippen molar-refractivity contribution in [3.05, 3.63) is 51.0 Å². The van der Waals surface area contributed by atoms with Gasteiger partial charge in [-0.3, -0.25) is 4.79 Å². The molecular weight excluding hydrogens is 466 g/mol. The van der Waals surface area contributed by atoms with Crippen LogP contribution in [0.1, 0.15) is 61.3 Å². The maximum absolute atomic E-state index is 13.6. The number of benzene rings is 1. The fourth-order valence-corrected chi connectivity index (χ4v) is 4.87. The number of carbonyl (C=O) groups is 1. The second kappa shape index (κ2) is 9.85. The number of hydrogen-bond donors (Lipinski definition) is 1. The highest BCUT2D eigenvalue weighted by Gasteiger charge is 2.24. The van der Waals surface area contributed by atoms with Gasteiger partial charge in [-0.15, -0.1) is 0 Å². The van der Waals surface area contributed by atoms with E-state index in [1.165, 1.54) is 12.1 Å². The number of aryl methyl sites for hydroxylation is 1. The van der Waals surface area contributed by atoms with E-state index in [1.807, 2.05) is 14.0 Å². The van der Waals surface area contributed by atoms with E-state index in [1.54, 1.807) is 10.6 Å². The van der Waals surface area contributed by atoms with Crippen molar-refractivity contribution in [2.75, 3.05) is 6.61 Å². The normalized spacial score (nSPS) is 18.5. The molecular formula is C24H27Cl2FN4O2. The molecule has 1 aliphatic rings. The number of hydrogen-bond acceptors (Lipinski definition) is 4. The third-order valence-electron chi connectivity index (χ3n) is 6.22. The standard InChI is InChI=1S/C24H27Cl2FN4O2/c1-4-33-24-17(23(32)28-15-7-5-13(2)6-8-15)11-20-22(30-24)31(3)21(29-20)12-16-18(25)9-14(27)10-19(16)26/h9-11,13,15H,4-8,12H2,1-3H3,(H,28,32). The molecule has 0 aliphatic heterocycles. The highest BCUT2D eigenvalue weighted by molar-refractivity contribution is 6.36. The predicted molar refractivity (Wildman–Crippen MR) is 128 cm³/mol. The maximum atomic E-state index is 13.6. The average molecular weight is 493 g/mol. The van der Waals surface area contributed by atoms with Crippen LogP contribution in [-0.4, -0.2) is 33.1 Å². The Morgan fingerprint density at radius 3 is 2.48 bits per heavy atom. The van der Waals surface area contributed by atoms with E-state index in [2.05, 4.69) is 22.2 Å². The SMILES string of the molecule is CCOc1nc2c(cc1C(=O)NC1CCC(C)CC1)nc(Cc1c(Cl)cc(F)cc1Cl)n2C. The van der Waals surface area contributed by atoms with Gasteiger partial charge >= 0.3 is 0 Å². The number of rotatable bonds is 6. The molecule has 0 unspecified atom stereocenters. The number of fused-ring (bicyclic) bond motifs is 1. The van der Waals surface area contributed by atoms with Crippen molar-refractivity contribution in [2.24, 2.45) is 13.0 Å². The molecule has 1 aliphatic carbocycles. The Bertz CT molecular complexity index is 1170. The van der Waals surface area contributed by atoms with Crippen LogP contribution in [0.15, 0.2) is 18.2 Å². The lowest BCUT2D eigenvalue weighted by molar-refractivity contribution is 0.0918. The summed E-state index contributed by atoms with van der Waals surface area (Å²) in [5, 5.41) is 3.60. The minimum atomic E-state index is -0.496. The molecule has 0 saturated heterocycles. The molecule has 33 heavy (non-hydrogen) atoms. The monoisotopic (exact) mass is 492 g/mol. The zero-order valence-corrected chi connectivity index (χ0v) is 20.4. The summed E-state index contributed by atoms with van der Waals surface area (Å²) < 4.78 is 21.1. The third-order valence-corrected chi connectivity index (χ3v) is 6.89. The third kappa shape index (κ3) is 5.09. The first-order chi connectivity index (χ1) is 15.8. The summed E-state index contributed by atoms with van der Waals surface area (Å²) in [6.07, 6.45) is 4.45. The number of aromatic nitrogens is 3. The van der Waals surface area contributed by atoms with Crippen LogP contribution in [0.5, 0.6) is 5.88 Å². The summed E-state index contributed by atoms with van der Waals surface area (Å²) in [4.78, 5) is 22.4. The zero-order valence-electron chi connectivity index (χ0n) is 18.9. The van der Waals surface area contributed by atoms with Crippen molar-refractivity contribution >= 4 is 40.3 Å². The van der Waals surface area contributed by atoms with Crippen molar-refractivity contribution in [3.63, 3.8) is 0 Å². The molecule has 176 valence electrons. The number of carbonyl (C=O) groups excluding carboxylic acids is 1. The van der Waals surface area contributed by atoms with Gasteiger partial charge in [0.1, 0.15) is 22.7 Å². The summed E-state index contributed by atoms with van der Waals surface area (Å²) in [6.45, 7) is 4.47. The molecule has 1 fully saturated rings. The van der Waals surface area contributed by atoms with E-state index < -0.39 is 5.82 Å². The van der Waals surface area contributed by atoms with E-state index in [0.717, 1.165) is 25.7 Å². The molecule has 2 heterocycles. The van der Waals surface area contributed by atoms with Crippen molar-refractivity contribution < 1.29 is 13.9 Å². The Hall–Kier alpha value is -2.38. The van der Waals surface area contributed by atoms with E-state index in [-0.39, 0.29) is 34.3 Å². The minimum Gasteiger partial charge on any atom is -0.477 e. The zero-order chi connectivity index (χ0) is 23.7. The van der Waals surface area contributed by atoms with Crippen molar-refractivity contribution in [1.29, 1.82) is 0 Å². The van der Waals surface area contributed by atoms with Gasteiger partial charge < -0.3 is 14.6 Å². The Morgan fingerprint density at radius 2 is 1.85 bits per heavy atom. The Balaban J connectivity index is 1.67. The van der Waals surface area contributed by atoms with Crippen molar-refractivity contribution in [1.82, 2.24) is 19.9 Å². The van der Waals surface area contributed by atoms with Crippen molar-refractivity contribution in [2.45, 2.75) is 52.0 Å². The van der Waals surface area contributed by atoms with Crippen LogP contribution in [0, 0.1) is 11.7 Å². The van der Waals surface area contributed by atoms with Crippen molar-refractivity contribution in [3.8, 4) is 5.88 Å². The highest BCUT2D eigenvalue weighted by atomic mass is 35.5. The second-order valence-electron chi connectivity index (χ2n) is 8.66. The molecule has 9 heteroatoms. The smallest absolute Gasteiger partial charge is 0.257 e. The highest BCUT2D eigenvalue weighted by Crippen LogP contribution is 2.30. The summed E-state index contributed by atoms with van der Waals surface area (Å²) in [5.74, 6) is 0.910. The minimum absolute atomic E-state index is 0.154. The van der Waals surface area contributed by atoms with Gasteiger partial charge in [0, 0.05) is 29.6 Å². The first-order valence-electron chi connectivity index (χ1n) is 11.2. The van der Waals surface area contributed by atoms with Crippen LogP contribution in [0.25, 0.3) is 11.2 Å².